The average Bonchev–Trinajstić information content (AvgIpc) is 2.92. The van der Waals surface area contributed by atoms with E-state index in [0.717, 1.165) is 56.5 Å². The Bertz CT molecular complexity index is 1160. The fourth-order valence-electron chi connectivity index (χ4n) is 5.75. The number of nitrogens with zero attached hydrogens (tertiary/aromatic N) is 2. The van der Waals surface area contributed by atoms with Crippen LogP contribution in [0.15, 0.2) is 96.7 Å². The van der Waals surface area contributed by atoms with E-state index < -0.39 is 0 Å². The van der Waals surface area contributed by atoms with E-state index in [9.17, 15) is 5.26 Å². The molecule has 5 rings (SSSR count). The summed E-state index contributed by atoms with van der Waals surface area (Å²) in [4.78, 5) is 2.53. The summed E-state index contributed by atoms with van der Waals surface area (Å²) in [7, 11) is 1.70. The second-order valence-corrected chi connectivity index (χ2v) is 10.3. The van der Waals surface area contributed by atoms with Crippen LogP contribution in [0.4, 0.5) is 0 Å². The van der Waals surface area contributed by atoms with Gasteiger partial charge in [0.15, 0.2) is 0 Å². The van der Waals surface area contributed by atoms with Gasteiger partial charge in [0.05, 0.1) is 24.6 Å². The first-order valence-corrected chi connectivity index (χ1v) is 13.0. The molecular weight excluding hydrogens is 442 g/mol. The lowest BCUT2D eigenvalue weighted by atomic mass is 9.70. The molecule has 1 heterocycles. The van der Waals surface area contributed by atoms with Gasteiger partial charge in [-0.05, 0) is 66.6 Å². The van der Waals surface area contributed by atoms with Crippen LogP contribution in [0.2, 0.25) is 0 Å². The van der Waals surface area contributed by atoms with E-state index in [-0.39, 0.29) is 11.5 Å². The monoisotopic (exact) mass is 477 g/mol. The molecule has 3 aromatic carbocycles. The first-order valence-electron chi connectivity index (χ1n) is 13.0. The molecule has 2 fully saturated rings. The van der Waals surface area contributed by atoms with Crippen molar-refractivity contribution in [1.82, 2.24) is 10.2 Å². The van der Waals surface area contributed by atoms with Gasteiger partial charge in [0, 0.05) is 19.1 Å². The summed E-state index contributed by atoms with van der Waals surface area (Å²) in [6.45, 7) is 1.95. The summed E-state index contributed by atoms with van der Waals surface area (Å²) in [5.41, 5.74) is 4.96. The Labute approximate surface area is 215 Å². The number of likely N-dealkylation sites (tertiary alicyclic amines) is 1. The Balaban J connectivity index is 1.17. The molecule has 0 unspecified atom stereocenters. The van der Waals surface area contributed by atoms with Gasteiger partial charge >= 0.3 is 0 Å². The zero-order valence-electron chi connectivity index (χ0n) is 21.1. The topological polar surface area (TPSA) is 48.3 Å². The molecule has 0 amide bonds. The molecule has 0 bridgehead atoms. The van der Waals surface area contributed by atoms with Gasteiger partial charge in [-0.3, -0.25) is 4.90 Å². The van der Waals surface area contributed by atoms with Gasteiger partial charge in [-0.25, -0.2) is 0 Å². The van der Waals surface area contributed by atoms with Crippen LogP contribution in [0.1, 0.15) is 48.4 Å². The van der Waals surface area contributed by atoms with Gasteiger partial charge in [-0.15, -0.1) is 0 Å². The van der Waals surface area contributed by atoms with E-state index in [1.165, 1.54) is 16.7 Å². The van der Waals surface area contributed by atoms with Crippen molar-refractivity contribution >= 4 is 0 Å². The summed E-state index contributed by atoms with van der Waals surface area (Å²) in [5.74, 6) is 0.885. The molecule has 184 valence electrons. The van der Waals surface area contributed by atoms with Crippen LogP contribution in [0.3, 0.4) is 0 Å². The van der Waals surface area contributed by atoms with Crippen molar-refractivity contribution in [2.75, 3.05) is 20.2 Å². The molecule has 1 saturated carbocycles. The average molecular weight is 478 g/mol. The molecule has 0 aromatic heterocycles. The number of methoxy groups -OCH3 is 1. The predicted octanol–water partition coefficient (Wildman–Crippen LogP) is 6.27. The van der Waals surface area contributed by atoms with Crippen LogP contribution < -0.4 is 10.1 Å². The summed E-state index contributed by atoms with van der Waals surface area (Å²) in [5, 5.41) is 13.7. The fourth-order valence-corrected chi connectivity index (χ4v) is 5.75. The summed E-state index contributed by atoms with van der Waals surface area (Å²) in [6, 6.07) is 33.1. The number of para-hydroxylation sites is 1. The van der Waals surface area contributed by atoms with E-state index in [2.05, 4.69) is 89.2 Å². The maximum absolute atomic E-state index is 10.1. The molecule has 0 spiro atoms. The van der Waals surface area contributed by atoms with E-state index in [0.29, 0.717) is 6.04 Å². The van der Waals surface area contributed by atoms with E-state index in [1.54, 1.807) is 7.11 Å². The van der Waals surface area contributed by atoms with Crippen LogP contribution in [0.25, 0.3) is 0 Å². The largest absolute Gasteiger partial charge is 0.496 e. The van der Waals surface area contributed by atoms with Crippen molar-refractivity contribution in [1.29, 1.82) is 5.26 Å². The minimum Gasteiger partial charge on any atom is -0.496 e. The van der Waals surface area contributed by atoms with Crippen LogP contribution in [0, 0.1) is 16.7 Å². The van der Waals surface area contributed by atoms with Gasteiger partial charge in [0.25, 0.3) is 0 Å². The first-order chi connectivity index (χ1) is 17.7. The molecule has 3 aromatic rings. The maximum atomic E-state index is 10.1. The van der Waals surface area contributed by atoms with Gasteiger partial charge < -0.3 is 10.1 Å². The highest BCUT2D eigenvalue weighted by molar-refractivity contribution is 5.36. The van der Waals surface area contributed by atoms with Gasteiger partial charge in [-0.1, -0.05) is 78.9 Å². The Kier molecular flexibility index (Phi) is 7.39. The van der Waals surface area contributed by atoms with Gasteiger partial charge in [0.2, 0.25) is 0 Å². The molecule has 1 aliphatic carbocycles. The number of rotatable bonds is 8. The quantitative estimate of drug-likeness (QED) is 0.415. The Hall–Kier alpha value is -3.55. The van der Waals surface area contributed by atoms with Gasteiger partial charge in [0.1, 0.15) is 5.75 Å². The number of benzene rings is 3. The van der Waals surface area contributed by atoms with E-state index in [4.69, 9.17) is 4.74 Å². The molecule has 0 atom stereocenters. The highest BCUT2D eigenvalue weighted by Crippen LogP contribution is 2.41. The third-order valence-electron chi connectivity index (χ3n) is 7.83. The van der Waals surface area contributed by atoms with Crippen molar-refractivity contribution in [2.24, 2.45) is 5.41 Å². The molecule has 0 radical (unpaired) electrons. The maximum Gasteiger partial charge on any atom is 0.122 e. The first kappa shape index (κ1) is 24.2. The minimum atomic E-state index is -0.300. The fraction of sp³-hybridized carbons (Fsp3) is 0.344. The summed E-state index contributed by atoms with van der Waals surface area (Å²) < 4.78 is 5.53. The zero-order chi connectivity index (χ0) is 24.8. The van der Waals surface area contributed by atoms with Crippen LogP contribution in [0.5, 0.6) is 5.75 Å². The lowest BCUT2D eigenvalue weighted by Gasteiger charge is -2.41. The Morgan fingerprint density at radius 1 is 0.944 bits per heavy atom. The van der Waals surface area contributed by atoms with Crippen molar-refractivity contribution in [3.8, 4) is 11.8 Å². The third kappa shape index (κ3) is 5.32. The second-order valence-electron chi connectivity index (χ2n) is 10.3. The highest BCUT2D eigenvalue weighted by Gasteiger charge is 2.36. The number of hydrogen-bond donors (Lipinski definition) is 1. The van der Waals surface area contributed by atoms with Crippen molar-refractivity contribution in [3.05, 3.63) is 113 Å². The third-order valence-corrected chi connectivity index (χ3v) is 7.83. The van der Waals surface area contributed by atoms with E-state index in [1.807, 2.05) is 18.2 Å². The summed E-state index contributed by atoms with van der Waals surface area (Å²) in [6.07, 6.45) is 6.88. The molecule has 1 N–H and O–H groups in total. The standard InChI is InChI=1S/C32H35N3O/c1-36-30-15-9-8-14-28(30)20-32(24-33)18-16-29(17-19-32)34-21-25-22-35(23-25)31(26-10-4-2-5-11-26)27-12-6-3-7-13-27/h2-15,21,29,31,34H,16-20,22-23H2,1H3. The molecule has 1 saturated heterocycles. The predicted molar refractivity (Wildman–Crippen MR) is 145 cm³/mol. The SMILES string of the molecule is COc1ccccc1CC1(C#N)CCC(NC=C2CN(C(c3ccccc3)c3ccccc3)C2)CC1. The molecule has 1 aliphatic heterocycles. The number of nitrogens with one attached hydrogen (secondary N) is 1. The van der Waals surface area contributed by atoms with Crippen LogP contribution in [-0.2, 0) is 6.42 Å². The van der Waals surface area contributed by atoms with Crippen molar-refractivity contribution < 1.29 is 4.74 Å². The molecule has 2 aliphatic rings. The molecule has 4 nitrogen and oxygen atoms in total. The number of ether oxygens (including phenoxy) is 1. The van der Waals surface area contributed by atoms with Crippen molar-refractivity contribution in [3.63, 3.8) is 0 Å². The lowest BCUT2D eigenvalue weighted by Crippen LogP contribution is -2.44. The normalized spacial score (nSPS) is 21.9. The molecule has 36 heavy (non-hydrogen) atoms. The Morgan fingerprint density at radius 3 is 2.11 bits per heavy atom. The highest BCUT2D eigenvalue weighted by atomic mass is 16.5. The smallest absolute Gasteiger partial charge is 0.122 e. The molecular formula is C32H35N3O. The van der Waals surface area contributed by atoms with Crippen molar-refractivity contribution in [2.45, 2.75) is 44.2 Å². The number of hydrogen-bond acceptors (Lipinski definition) is 4. The number of nitriles is 1. The van der Waals surface area contributed by atoms with Gasteiger partial charge in [-0.2, -0.15) is 5.26 Å². The molecule has 4 heteroatoms. The van der Waals surface area contributed by atoms with E-state index >= 15 is 0 Å². The minimum absolute atomic E-state index is 0.283. The van der Waals surface area contributed by atoms with Crippen LogP contribution in [-0.4, -0.2) is 31.1 Å². The van der Waals surface area contributed by atoms with Crippen LogP contribution >= 0.6 is 0 Å². The summed E-state index contributed by atoms with van der Waals surface area (Å²) >= 11 is 0. The second kappa shape index (κ2) is 11.0. The lowest BCUT2D eigenvalue weighted by molar-refractivity contribution is 0.198. The zero-order valence-corrected chi connectivity index (χ0v) is 21.1. The Morgan fingerprint density at radius 2 is 1.53 bits per heavy atom.